The average Bonchev–Trinajstić information content (AvgIpc) is 2.89. The summed E-state index contributed by atoms with van der Waals surface area (Å²) in [7, 11) is 1.63. The Morgan fingerprint density at radius 1 is 0.941 bits per heavy atom. The van der Waals surface area contributed by atoms with Crippen LogP contribution in [0.1, 0.15) is 29.5 Å². The Labute approximate surface area is 199 Å². The van der Waals surface area contributed by atoms with E-state index < -0.39 is 5.60 Å². The van der Waals surface area contributed by atoms with Gasteiger partial charge < -0.3 is 14.3 Å². The predicted octanol–water partition coefficient (Wildman–Crippen LogP) is 4.95. The molecule has 0 bridgehead atoms. The average molecular weight is 456 g/mol. The highest BCUT2D eigenvalue weighted by Gasteiger charge is 2.41. The Bertz CT molecular complexity index is 1270. The fraction of sp³-hybridized carbons (Fsp3) is 0.276. The van der Waals surface area contributed by atoms with Crippen LogP contribution in [0.5, 0.6) is 5.75 Å². The lowest BCUT2D eigenvalue weighted by Crippen LogP contribution is -2.44. The van der Waals surface area contributed by atoms with Crippen molar-refractivity contribution in [2.24, 2.45) is 5.92 Å². The molecule has 5 nitrogen and oxygen atoms in total. The number of rotatable bonds is 6. The van der Waals surface area contributed by atoms with Crippen LogP contribution in [0.3, 0.4) is 0 Å². The van der Waals surface area contributed by atoms with Crippen LogP contribution < -0.4 is 10.4 Å². The van der Waals surface area contributed by atoms with Crippen LogP contribution in [-0.4, -0.2) is 30.2 Å². The molecule has 1 aliphatic heterocycles. The normalized spacial score (nSPS) is 15.5. The molecule has 1 N–H and O–H groups in total. The minimum atomic E-state index is -1.04. The smallest absolute Gasteiger partial charge is 0.336 e. The van der Waals surface area contributed by atoms with E-state index >= 15 is 0 Å². The van der Waals surface area contributed by atoms with Gasteiger partial charge in [-0.15, -0.1) is 0 Å². The number of benzene rings is 3. The number of ether oxygens (including phenoxy) is 1. The van der Waals surface area contributed by atoms with Crippen molar-refractivity contribution in [2.75, 3.05) is 20.2 Å². The van der Waals surface area contributed by atoms with Crippen molar-refractivity contribution >= 4 is 11.0 Å². The second-order valence-electron chi connectivity index (χ2n) is 9.00. The van der Waals surface area contributed by atoms with Crippen LogP contribution in [0, 0.1) is 5.92 Å². The molecule has 1 saturated heterocycles. The van der Waals surface area contributed by atoms with Crippen molar-refractivity contribution in [1.82, 2.24) is 4.90 Å². The van der Waals surface area contributed by atoms with E-state index in [1.54, 1.807) is 25.3 Å². The molecule has 0 amide bonds. The van der Waals surface area contributed by atoms with Crippen molar-refractivity contribution < 1.29 is 14.3 Å². The van der Waals surface area contributed by atoms with Gasteiger partial charge in [0.2, 0.25) is 0 Å². The van der Waals surface area contributed by atoms with Crippen molar-refractivity contribution in [2.45, 2.75) is 25.0 Å². The number of methoxy groups -OCH3 is 1. The maximum atomic E-state index is 12.1. The third kappa shape index (κ3) is 4.25. The van der Waals surface area contributed by atoms with Gasteiger partial charge in [0.1, 0.15) is 16.9 Å². The molecule has 5 heteroatoms. The van der Waals surface area contributed by atoms with E-state index in [0.29, 0.717) is 12.1 Å². The summed E-state index contributed by atoms with van der Waals surface area (Å²) in [5.74, 6) is 0.823. The predicted molar refractivity (Wildman–Crippen MR) is 133 cm³/mol. The zero-order valence-electron chi connectivity index (χ0n) is 19.3. The zero-order valence-corrected chi connectivity index (χ0v) is 19.3. The zero-order chi connectivity index (χ0) is 23.5. The highest BCUT2D eigenvalue weighted by molar-refractivity contribution is 5.81. The van der Waals surface area contributed by atoms with Gasteiger partial charge in [0.25, 0.3) is 0 Å². The summed E-state index contributed by atoms with van der Waals surface area (Å²) in [6.07, 6.45) is 1.70. The molecular formula is C29H29NO4. The summed E-state index contributed by atoms with van der Waals surface area (Å²) < 4.78 is 10.8. The van der Waals surface area contributed by atoms with Gasteiger partial charge in [-0.05, 0) is 66.7 Å². The number of hydrogen-bond acceptors (Lipinski definition) is 5. The molecule has 0 atom stereocenters. The Morgan fingerprint density at radius 2 is 1.56 bits per heavy atom. The Kier molecular flexibility index (Phi) is 6.22. The number of fused-ring (bicyclic) bond motifs is 1. The number of piperidine rings is 1. The molecule has 1 aromatic heterocycles. The molecule has 174 valence electrons. The van der Waals surface area contributed by atoms with Crippen LogP contribution in [-0.2, 0) is 12.1 Å². The van der Waals surface area contributed by atoms with Gasteiger partial charge in [-0.3, -0.25) is 4.90 Å². The minimum Gasteiger partial charge on any atom is -0.497 e. The molecule has 5 rings (SSSR count). The lowest BCUT2D eigenvalue weighted by Gasteiger charge is -2.42. The lowest BCUT2D eigenvalue weighted by atomic mass is 9.72. The number of likely N-dealkylation sites (tertiary alicyclic amines) is 1. The number of aliphatic hydroxyl groups is 1. The van der Waals surface area contributed by atoms with Gasteiger partial charge in [0.05, 0.1) is 7.11 Å². The highest BCUT2D eigenvalue weighted by atomic mass is 16.5. The van der Waals surface area contributed by atoms with Gasteiger partial charge in [-0.1, -0.05) is 60.7 Å². The molecule has 1 aliphatic rings. The monoisotopic (exact) mass is 455 g/mol. The van der Waals surface area contributed by atoms with Crippen LogP contribution in [0.15, 0.2) is 94.1 Å². The van der Waals surface area contributed by atoms with Crippen LogP contribution >= 0.6 is 0 Å². The first-order valence-corrected chi connectivity index (χ1v) is 11.7. The van der Waals surface area contributed by atoms with Gasteiger partial charge >= 0.3 is 5.63 Å². The summed E-state index contributed by atoms with van der Waals surface area (Å²) >= 11 is 0. The molecule has 0 radical (unpaired) electrons. The summed E-state index contributed by atoms with van der Waals surface area (Å²) in [5, 5.41) is 13.0. The van der Waals surface area contributed by atoms with Gasteiger partial charge in [0, 0.05) is 18.0 Å². The van der Waals surface area contributed by atoms with Crippen LogP contribution in [0.4, 0.5) is 0 Å². The first kappa shape index (κ1) is 22.4. The minimum absolute atomic E-state index is 0.0891. The van der Waals surface area contributed by atoms with Crippen LogP contribution in [0.2, 0.25) is 0 Å². The van der Waals surface area contributed by atoms with Crippen LogP contribution in [0.25, 0.3) is 11.0 Å². The number of nitrogens with zero attached hydrogens (tertiary/aromatic N) is 1. The topological polar surface area (TPSA) is 62.9 Å². The van der Waals surface area contributed by atoms with Gasteiger partial charge in [-0.2, -0.15) is 0 Å². The van der Waals surface area contributed by atoms with Gasteiger partial charge in [-0.25, -0.2) is 4.79 Å². The molecular weight excluding hydrogens is 426 g/mol. The van der Waals surface area contributed by atoms with Crippen molar-refractivity contribution in [3.63, 3.8) is 0 Å². The Morgan fingerprint density at radius 3 is 2.15 bits per heavy atom. The van der Waals surface area contributed by atoms with E-state index in [2.05, 4.69) is 4.90 Å². The second-order valence-corrected chi connectivity index (χ2v) is 9.00. The maximum Gasteiger partial charge on any atom is 0.336 e. The quantitative estimate of drug-likeness (QED) is 0.417. The third-order valence-electron chi connectivity index (χ3n) is 7.04. The Balaban J connectivity index is 1.39. The van der Waals surface area contributed by atoms with E-state index in [1.165, 1.54) is 0 Å². The van der Waals surface area contributed by atoms with Crippen molar-refractivity contribution in [3.05, 3.63) is 112 Å². The molecule has 34 heavy (non-hydrogen) atoms. The highest BCUT2D eigenvalue weighted by Crippen LogP contribution is 2.42. The molecule has 0 unspecified atom stereocenters. The first-order chi connectivity index (χ1) is 16.6. The molecule has 2 heterocycles. The van der Waals surface area contributed by atoms with Gasteiger partial charge in [0.15, 0.2) is 0 Å². The largest absolute Gasteiger partial charge is 0.497 e. The second kappa shape index (κ2) is 9.45. The van der Waals surface area contributed by atoms with E-state index in [0.717, 1.165) is 53.8 Å². The van der Waals surface area contributed by atoms with E-state index in [1.807, 2.05) is 66.7 Å². The van der Waals surface area contributed by atoms with Crippen molar-refractivity contribution in [3.8, 4) is 5.75 Å². The lowest BCUT2D eigenvalue weighted by molar-refractivity contribution is -0.0152. The summed E-state index contributed by atoms with van der Waals surface area (Å²) in [5.41, 5.74) is 1.98. The van der Waals surface area contributed by atoms with E-state index in [4.69, 9.17) is 9.15 Å². The third-order valence-corrected chi connectivity index (χ3v) is 7.04. The maximum absolute atomic E-state index is 12.1. The SMILES string of the molecule is COc1ccc2oc(=O)cc(CN3CCC(C(O)(c4ccccc4)c4ccccc4)CC3)c2c1. The summed E-state index contributed by atoms with van der Waals surface area (Å²) in [6, 6.07) is 27.0. The standard InChI is InChI=1S/C29H29NO4/c1-33-25-12-13-27-26(19-25)21(18-28(31)34-27)20-30-16-14-24(15-17-30)29(32,22-8-4-2-5-9-22)23-10-6-3-7-11-23/h2-13,18-19,24,32H,14-17,20H2,1H3. The molecule has 0 aliphatic carbocycles. The molecule has 3 aromatic carbocycles. The summed E-state index contributed by atoms with van der Waals surface area (Å²) in [4.78, 5) is 14.5. The Hall–Kier alpha value is -3.41. The summed E-state index contributed by atoms with van der Waals surface area (Å²) in [6.45, 7) is 2.31. The van der Waals surface area contributed by atoms with E-state index in [9.17, 15) is 9.90 Å². The molecule has 0 saturated carbocycles. The fourth-order valence-corrected chi connectivity index (χ4v) is 5.24. The molecule has 1 fully saturated rings. The number of hydrogen-bond donors (Lipinski definition) is 1. The molecule has 4 aromatic rings. The van der Waals surface area contributed by atoms with E-state index in [-0.39, 0.29) is 11.5 Å². The first-order valence-electron chi connectivity index (χ1n) is 11.7. The fourth-order valence-electron chi connectivity index (χ4n) is 5.24. The molecule has 0 spiro atoms. The van der Waals surface area contributed by atoms with Crippen molar-refractivity contribution in [1.29, 1.82) is 0 Å².